The molecule has 0 aromatic heterocycles. The number of aryl methyl sites for hydroxylation is 1. The van der Waals surface area contributed by atoms with Gasteiger partial charge in [0.05, 0.1) is 6.04 Å². The SMILES string of the molecule is CCCCN(Cc1ccccc1)C(=O)NC1CC(=O)N(c2ccc(C)cc2)C1. The number of urea groups is 1. The van der Waals surface area contributed by atoms with Crippen LogP contribution in [-0.2, 0) is 11.3 Å². The Balaban J connectivity index is 1.62. The number of unbranched alkanes of at least 4 members (excludes halogenated alkanes) is 1. The van der Waals surface area contributed by atoms with Gasteiger partial charge in [0, 0.05) is 31.7 Å². The fourth-order valence-electron chi connectivity index (χ4n) is 3.45. The number of rotatable bonds is 7. The third-order valence-corrected chi connectivity index (χ3v) is 5.08. The molecule has 2 aromatic carbocycles. The minimum absolute atomic E-state index is 0.0531. The van der Waals surface area contributed by atoms with Gasteiger partial charge >= 0.3 is 6.03 Å². The highest BCUT2D eigenvalue weighted by Gasteiger charge is 2.32. The van der Waals surface area contributed by atoms with Crippen LogP contribution >= 0.6 is 0 Å². The minimum atomic E-state index is -0.166. The van der Waals surface area contributed by atoms with Gasteiger partial charge in [-0.15, -0.1) is 0 Å². The molecule has 0 aliphatic carbocycles. The number of nitrogens with zero attached hydrogens (tertiary/aromatic N) is 2. The van der Waals surface area contributed by atoms with Crippen LogP contribution in [-0.4, -0.2) is 36.0 Å². The van der Waals surface area contributed by atoms with Crippen molar-refractivity contribution in [2.75, 3.05) is 18.0 Å². The van der Waals surface area contributed by atoms with Crippen LogP contribution in [0.1, 0.15) is 37.3 Å². The summed E-state index contributed by atoms with van der Waals surface area (Å²) in [5.41, 5.74) is 3.16. The number of amides is 3. The van der Waals surface area contributed by atoms with E-state index in [1.54, 1.807) is 4.90 Å². The topological polar surface area (TPSA) is 52.7 Å². The molecule has 1 aliphatic rings. The Labute approximate surface area is 167 Å². The summed E-state index contributed by atoms with van der Waals surface area (Å²) in [5.74, 6) is 0.0531. The molecule has 0 bridgehead atoms. The van der Waals surface area contributed by atoms with E-state index in [2.05, 4.69) is 12.2 Å². The first-order valence-electron chi connectivity index (χ1n) is 10.0. The zero-order valence-corrected chi connectivity index (χ0v) is 16.7. The quantitative estimate of drug-likeness (QED) is 0.787. The van der Waals surface area contributed by atoms with Crippen molar-refractivity contribution >= 4 is 17.6 Å². The van der Waals surface area contributed by atoms with Gasteiger partial charge in [0.1, 0.15) is 0 Å². The van der Waals surface area contributed by atoms with E-state index in [0.29, 0.717) is 26.1 Å². The fourth-order valence-corrected chi connectivity index (χ4v) is 3.45. The van der Waals surface area contributed by atoms with Crippen molar-refractivity contribution in [2.45, 2.75) is 45.7 Å². The van der Waals surface area contributed by atoms with Gasteiger partial charge in [-0.25, -0.2) is 4.79 Å². The van der Waals surface area contributed by atoms with E-state index in [0.717, 1.165) is 29.7 Å². The normalized spacial score (nSPS) is 16.3. The van der Waals surface area contributed by atoms with Gasteiger partial charge in [0.25, 0.3) is 0 Å². The van der Waals surface area contributed by atoms with Gasteiger partial charge in [-0.1, -0.05) is 61.4 Å². The average Bonchev–Trinajstić information content (AvgIpc) is 3.06. The molecule has 1 atom stereocenters. The molecule has 1 aliphatic heterocycles. The van der Waals surface area contributed by atoms with E-state index >= 15 is 0 Å². The second kappa shape index (κ2) is 9.40. The predicted octanol–water partition coefficient (Wildman–Crippen LogP) is 4.11. The Morgan fingerprint density at radius 1 is 1.14 bits per heavy atom. The molecule has 28 heavy (non-hydrogen) atoms. The van der Waals surface area contributed by atoms with Crippen molar-refractivity contribution in [1.29, 1.82) is 0 Å². The molecular formula is C23H29N3O2. The van der Waals surface area contributed by atoms with Crippen molar-refractivity contribution in [3.63, 3.8) is 0 Å². The van der Waals surface area contributed by atoms with Crippen molar-refractivity contribution in [3.05, 3.63) is 65.7 Å². The second-order valence-electron chi connectivity index (χ2n) is 7.45. The van der Waals surface area contributed by atoms with Crippen molar-refractivity contribution in [3.8, 4) is 0 Å². The number of nitrogens with one attached hydrogen (secondary N) is 1. The Morgan fingerprint density at radius 3 is 2.54 bits per heavy atom. The molecule has 1 N–H and O–H groups in total. The van der Waals surface area contributed by atoms with Crippen molar-refractivity contribution in [1.82, 2.24) is 10.2 Å². The number of hydrogen-bond acceptors (Lipinski definition) is 2. The Kier molecular flexibility index (Phi) is 6.69. The summed E-state index contributed by atoms with van der Waals surface area (Å²) < 4.78 is 0. The van der Waals surface area contributed by atoms with Crippen LogP contribution in [0.5, 0.6) is 0 Å². The summed E-state index contributed by atoms with van der Waals surface area (Å²) in [6, 6.07) is 17.7. The Hall–Kier alpha value is -2.82. The molecule has 148 valence electrons. The van der Waals surface area contributed by atoms with Gasteiger partial charge in [-0.3, -0.25) is 4.79 Å². The highest BCUT2D eigenvalue weighted by molar-refractivity contribution is 5.96. The van der Waals surface area contributed by atoms with E-state index in [1.807, 2.05) is 66.4 Å². The monoisotopic (exact) mass is 379 g/mol. The van der Waals surface area contributed by atoms with Gasteiger partial charge in [-0.2, -0.15) is 0 Å². The molecule has 1 heterocycles. The first-order valence-corrected chi connectivity index (χ1v) is 10.0. The second-order valence-corrected chi connectivity index (χ2v) is 7.45. The smallest absolute Gasteiger partial charge is 0.317 e. The number of carbonyl (C=O) groups excluding carboxylic acids is 2. The zero-order valence-electron chi connectivity index (χ0n) is 16.7. The van der Waals surface area contributed by atoms with Gasteiger partial charge in [0.2, 0.25) is 5.91 Å². The number of anilines is 1. The maximum atomic E-state index is 12.9. The molecule has 1 fully saturated rings. The highest BCUT2D eigenvalue weighted by atomic mass is 16.2. The largest absolute Gasteiger partial charge is 0.333 e. The lowest BCUT2D eigenvalue weighted by Crippen LogP contribution is -2.45. The molecule has 0 saturated carbocycles. The maximum Gasteiger partial charge on any atom is 0.317 e. The molecule has 0 radical (unpaired) electrons. The standard InChI is InChI=1S/C23H29N3O2/c1-3-4-14-25(16-19-8-6-5-7-9-19)23(28)24-20-15-22(27)26(17-20)21-12-10-18(2)11-13-21/h5-13,20H,3-4,14-17H2,1-2H3,(H,24,28). The van der Waals surface area contributed by atoms with Gasteiger partial charge < -0.3 is 15.1 Å². The molecule has 1 unspecified atom stereocenters. The van der Waals surface area contributed by atoms with E-state index in [9.17, 15) is 9.59 Å². The summed E-state index contributed by atoms with van der Waals surface area (Å²) in [6.45, 7) is 5.94. The minimum Gasteiger partial charge on any atom is -0.333 e. The predicted molar refractivity (Wildman–Crippen MR) is 112 cm³/mol. The van der Waals surface area contributed by atoms with Crippen LogP contribution < -0.4 is 10.2 Å². The average molecular weight is 380 g/mol. The lowest BCUT2D eigenvalue weighted by atomic mass is 10.2. The first-order chi connectivity index (χ1) is 13.6. The molecule has 3 rings (SSSR count). The summed E-state index contributed by atoms with van der Waals surface area (Å²) in [4.78, 5) is 28.9. The highest BCUT2D eigenvalue weighted by Crippen LogP contribution is 2.22. The van der Waals surface area contributed by atoms with E-state index in [-0.39, 0.29) is 18.0 Å². The van der Waals surface area contributed by atoms with Crippen LogP contribution in [0.4, 0.5) is 10.5 Å². The molecule has 0 spiro atoms. The van der Waals surface area contributed by atoms with Crippen LogP contribution in [0, 0.1) is 6.92 Å². The van der Waals surface area contributed by atoms with Gasteiger partial charge in [-0.05, 0) is 31.0 Å². The molecule has 5 heteroatoms. The summed E-state index contributed by atoms with van der Waals surface area (Å²) in [6.07, 6.45) is 2.33. The first kappa shape index (κ1) is 19.9. The molecule has 3 amide bonds. The van der Waals surface area contributed by atoms with Crippen LogP contribution in [0.2, 0.25) is 0 Å². The summed E-state index contributed by atoms with van der Waals surface area (Å²) in [7, 11) is 0. The Bertz CT molecular complexity index is 789. The number of hydrogen-bond donors (Lipinski definition) is 1. The molecule has 2 aromatic rings. The zero-order chi connectivity index (χ0) is 19.9. The maximum absolute atomic E-state index is 12.9. The van der Waals surface area contributed by atoms with Crippen molar-refractivity contribution in [2.24, 2.45) is 0 Å². The van der Waals surface area contributed by atoms with E-state index in [1.165, 1.54) is 0 Å². The number of carbonyl (C=O) groups is 2. The lowest BCUT2D eigenvalue weighted by molar-refractivity contribution is -0.117. The van der Waals surface area contributed by atoms with Crippen LogP contribution in [0.3, 0.4) is 0 Å². The van der Waals surface area contributed by atoms with Crippen LogP contribution in [0.25, 0.3) is 0 Å². The fraction of sp³-hybridized carbons (Fsp3) is 0.391. The molecule has 1 saturated heterocycles. The number of benzene rings is 2. The summed E-state index contributed by atoms with van der Waals surface area (Å²) in [5, 5.41) is 3.07. The van der Waals surface area contributed by atoms with E-state index in [4.69, 9.17) is 0 Å². The van der Waals surface area contributed by atoms with Crippen LogP contribution in [0.15, 0.2) is 54.6 Å². The van der Waals surface area contributed by atoms with Crippen molar-refractivity contribution < 1.29 is 9.59 Å². The summed E-state index contributed by atoms with van der Waals surface area (Å²) >= 11 is 0. The molecule has 5 nitrogen and oxygen atoms in total. The van der Waals surface area contributed by atoms with E-state index < -0.39 is 0 Å². The Morgan fingerprint density at radius 2 is 1.86 bits per heavy atom. The van der Waals surface area contributed by atoms with Gasteiger partial charge in [0.15, 0.2) is 0 Å². The third-order valence-electron chi connectivity index (χ3n) is 5.08. The lowest BCUT2D eigenvalue weighted by Gasteiger charge is -2.25. The third kappa shape index (κ3) is 5.12. The molecular weight excluding hydrogens is 350 g/mol.